The van der Waals surface area contributed by atoms with Gasteiger partial charge in [-0.15, -0.1) is 0 Å². The van der Waals surface area contributed by atoms with Crippen LogP contribution in [0, 0.1) is 11.8 Å². The summed E-state index contributed by atoms with van der Waals surface area (Å²) in [4.78, 5) is 46.2. The number of para-hydroxylation sites is 2. The summed E-state index contributed by atoms with van der Waals surface area (Å²) in [5.41, 5.74) is 1.55. The Morgan fingerprint density at radius 3 is 2.48 bits per heavy atom. The molecule has 2 aromatic rings. The first-order valence-corrected chi connectivity index (χ1v) is 8.69. The lowest BCUT2D eigenvalue weighted by atomic mass is 9.81. The number of imidazole rings is 1. The van der Waals surface area contributed by atoms with Gasteiger partial charge in [-0.25, -0.2) is 4.98 Å². The summed E-state index contributed by atoms with van der Waals surface area (Å²) in [7, 11) is 0. The van der Waals surface area contributed by atoms with Crippen LogP contribution in [0.1, 0.15) is 32.6 Å². The Bertz CT molecular complexity index is 802. The molecule has 7 nitrogen and oxygen atoms in total. The van der Waals surface area contributed by atoms with Crippen molar-refractivity contribution >= 4 is 34.7 Å². The van der Waals surface area contributed by atoms with Gasteiger partial charge in [-0.1, -0.05) is 25.0 Å². The van der Waals surface area contributed by atoms with Gasteiger partial charge in [-0.2, -0.15) is 0 Å². The van der Waals surface area contributed by atoms with Crippen LogP contribution >= 0.6 is 0 Å². The number of rotatable bonds is 3. The number of H-pyrrole nitrogens is 1. The lowest BCUT2D eigenvalue weighted by molar-refractivity contribution is -0.146. The average Bonchev–Trinajstić information content (AvgIpc) is 3.13. The third-order valence-corrected chi connectivity index (χ3v) is 5.27. The van der Waals surface area contributed by atoms with Crippen LogP contribution in [0.3, 0.4) is 0 Å². The minimum absolute atomic E-state index is 0.207. The van der Waals surface area contributed by atoms with Gasteiger partial charge in [0.1, 0.15) is 6.04 Å². The number of carbonyl (C=O) groups excluding carboxylic acids is 3. The average molecular weight is 340 g/mol. The van der Waals surface area contributed by atoms with Gasteiger partial charge in [-0.3, -0.25) is 24.6 Å². The minimum atomic E-state index is -0.848. The highest BCUT2D eigenvalue weighted by molar-refractivity contribution is 6.09. The van der Waals surface area contributed by atoms with Gasteiger partial charge in [0.15, 0.2) is 0 Å². The van der Waals surface area contributed by atoms with Crippen molar-refractivity contribution < 1.29 is 14.4 Å². The summed E-state index contributed by atoms with van der Waals surface area (Å²) in [6.07, 6.45) is 3.41. The van der Waals surface area contributed by atoms with E-state index in [4.69, 9.17) is 0 Å². The molecule has 2 fully saturated rings. The first kappa shape index (κ1) is 15.8. The number of carbonyl (C=O) groups is 3. The molecule has 1 aromatic carbocycles. The van der Waals surface area contributed by atoms with Crippen molar-refractivity contribution in [3.63, 3.8) is 0 Å². The first-order valence-electron chi connectivity index (χ1n) is 8.69. The summed E-state index contributed by atoms with van der Waals surface area (Å²) in [5, 5.41) is 2.68. The maximum atomic E-state index is 12.6. The summed E-state index contributed by atoms with van der Waals surface area (Å²) < 4.78 is 0. The maximum Gasteiger partial charge on any atom is 0.249 e. The molecule has 0 radical (unpaired) electrons. The van der Waals surface area contributed by atoms with Crippen molar-refractivity contribution in [2.24, 2.45) is 11.8 Å². The van der Waals surface area contributed by atoms with Crippen molar-refractivity contribution in [2.45, 2.75) is 38.6 Å². The zero-order valence-electron chi connectivity index (χ0n) is 14.0. The van der Waals surface area contributed by atoms with E-state index < -0.39 is 11.9 Å². The van der Waals surface area contributed by atoms with Gasteiger partial charge in [0, 0.05) is 0 Å². The van der Waals surface area contributed by atoms with Crippen LogP contribution in [0.15, 0.2) is 24.3 Å². The molecule has 2 heterocycles. The van der Waals surface area contributed by atoms with Crippen LogP contribution in [-0.2, 0) is 14.4 Å². The summed E-state index contributed by atoms with van der Waals surface area (Å²) >= 11 is 0. The molecule has 0 spiro atoms. The van der Waals surface area contributed by atoms with Crippen LogP contribution in [0.4, 0.5) is 5.95 Å². The molecule has 0 bridgehead atoms. The molecule has 1 aliphatic heterocycles. The number of aromatic nitrogens is 2. The van der Waals surface area contributed by atoms with Crippen LogP contribution in [0.5, 0.6) is 0 Å². The Morgan fingerprint density at radius 1 is 1.20 bits per heavy atom. The molecule has 3 unspecified atom stereocenters. The Hall–Kier alpha value is -2.70. The molecule has 130 valence electrons. The van der Waals surface area contributed by atoms with E-state index in [1.54, 1.807) is 6.92 Å². The van der Waals surface area contributed by atoms with E-state index >= 15 is 0 Å². The van der Waals surface area contributed by atoms with Gasteiger partial charge >= 0.3 is 0 Å². The van der Waals surface area contributed by atoms with E-state index in [9.17, 15) is 14.4 Å². The SMILES string of the molecule is CC(C(=O)Nc1nc2ccccc2[nH]1)N1C(=O)C2CCCCC2C1=O. The molecule has 1 saturated carbocycles. The number of amides is 3. The van der Waals surface area contributed by atoms with Crippen molar-refractivity contribution in [3.8, 4) is 0 Å². The van der Waals surface area contributed by atoms with Gasteiger partial charge in [0.05, 0.1) is 22.9 Å². The van der Waals surface area contributed by atoms with E-state index in [1.165, 1.54) is 0 Å². The number of nitrogens with zero attached hydrogens (tertiary/aromatic N) is 2. The minimum Gasteiger partial charge on any atom is -0.324 e. The third kappa shape index (κ3) is 2.59. The second-order valence-electron chi connectivity index (χ2n) is 6.81. The van der Waals surface area contributed by atoms with Gasteiger partial charge in [-0.05, 0) is 31.9 Å². The van der Waals surface area contributed by atoms with E-state index in [0.717, 1.165) is 41.6 Å². The molecule has 3 amide bonds. The van der Waals surface area contributed by atoms with Gasteiger partial charge < -0.3 is 4.98 Å². The quantitative estimate of drug-likeness (QED) is 0.836. The van der Waals surface area contributed by atoms with E-state index in [1.807, 2.05) is 24.3 Å². The van der Waals surface area contributed by atoms with Gasteiger partial charge in [0.25, 0.3) is 0 Å². The number of aromatic amines is 1. The highest BCUT2D eigenvalue weighted by Crippen LogP contribution is 2.38. The number of benzene rings is 1. The first-order chi connectivity index (χ1) is 12.1. The third-order valence-electron chi connectivity index (χ3n) is 5.27. The second kappa shape index (κ2) is 5.98. The molecule has 1 saturated heterocycles. The lowest BCUT2D eigenvalue weighted by Gasteiger charge is -2.21. The fourth-order valence-corrected chi connectivity index (χ4v) is 3.92. The molecule has 4 rings (SSSR count). The van der Waals surface area contributed by atoms with Gasteiger partial charge in [0.2, 0.25) is 23.7 Å². The molecule has 7 heteroatoms. The lowest BCUT2D eigenvalue weighted by Crippen LogP contribution is -2.46. The zero-order chi connectivity index (χ0) is 17.6. The Kier molecular flexibility index (Phi) is 3.78. The van der Waals surface area contributed by atoms with Crippen molar-refractivity contribution in [1.29, 1.82) is 0 Å². The second-order valence-corrected chi connectivity index (χ2v) is 6.81. The monoisotopic (exact) mass is 340 g/mol. The number of hydrogen-bond donors (Lipinski definition) is 2. The Balaban J connectivity index is 1.51. The topological polar surface area (TPSA) is 95.2 Å². The summed E-state index contributed by atoms with van der Waals surface area (Å²) in [6.45, 7) is 1.59. The highest BCUT2D eigenvalue weighted by Gasteiger charge is 2.50. The Morgan fingerprint density at radius 2 is 1.84 bits per heavy atom. The van der Waals surface area contributed by atoms with Crippen LogP contribution in [-0.4, -0.2) is 38.6 Å². The van der Waals surface area contributed by atoms with Crippen LogP contribution in [0.25, 0.3) is 11.0 Å². The number of fused-ring (bicyclic) bond motifs is 2. The number of imide groups is 1. The maximum absolute atomic E-state index is 12.6. The van der Waals surface area contributed by atoms with E-state index in [0.29, 0.717) is 5.95 Å². The van der Waals surface area contributed by atoms with Crippen LogP contribution in [0.2, 0.25) is 0 Å². The van der Waals surface area contributed by atoms with Crippen LogP contribution < -0.4 is 5.32 Å². The highest BCUT2D eigenvalue weighted by atomic mass is 16.2. The largest absolute Gasteiger partial charge is 0.324 e. The molecular formula is C18H20N4O3. The van der Waals surface area contributed by atoms with E-state index in [-0.39, 0.29) is 23.7 Å². The Labute approximate surface area is 144 Å². The normalized spacial score (nSPS) is 24.4. The standard InChI is InChI=1S/C18H20N4O3/c1-10(22-16(24)11-6-2-3-7-12(11)17(22)25)15(23)21-18-19-13-8-4-5-9-14(13)20-18/h4-5,8-12H,2-3,6-7H2,1H3,(H2,19,20,21,23). The number of anilines is 1. The van der Waals surface area contributed by atoms with Crippen molar-refractivity contribution in [3.05, 3.63) is 24.3 Å². The number of likely N-dealkylation sites (tertiary alicyclic amines) is 1. The summed E-state index contributed by atoms with van der Waals surface area (Å²) in [5.74, 6) is -1.01. The molecule has 25 heavy (non-hydrogen) atoms. The predicted octanol–water partition coefficient (Wildman–Crippen LogP) is 2.07. The molecule has 2 aliphatic rings. The fraction of sp³-hybridized carbons (Fsp3) is 0.444. The summed E-state index contributed by atoms with van der Waals surface area (Å²) in [6, 6.07) is 6.58. The molecule has 1 aromatic heterocycles. The molecule has 1 aliphatic carbocycles. The van der Waals surface area contributed by atoms with Crippen molar-refractivity contribution in [2.75, 3.05) is 5.32 Å². The molecule has 2 N–H and O–H groups in total. The van der Waals surface area contributed by atoms with E-state index in [2.05, 4.69) is 15.3 Å². The van der Waals surface area contributed by atoms with Crippen molar-refractivity contribution in [1.82, 2.24) is 14.9 Å². The molecule has 3 atom stereocenters. The number of hydrogen-bond acceptors (Lipinski definition) is 4. The molecular weight excluding hydrogens is 320 g/mol. The number of nitrogens with one attached hydrogen (secondary N) is 2. The zero-order valence-corrected chi connectivity index (χ0v) is 14.0. The fourth-order valence-electron chi connectivity index (χ4n) is 3.92. The predicted molar refractivity (Wildman–Crippen MR) is 91.5 cm³/mol. The smallest absolute Gasteiger partial charge is 0.249 e.